The van der Waals surface area contributed by atoms with Crippen LogP contribution in [0.1, 0.15) is 29.2 Å². The van der Waals surface area contributed by atoms with Gasteiger partial charge in [-0.25, -0.2) is 4.79 Å². The van der Waals surface area contributed by atoms with E-state index in [1.165, 1.54) is 11.8 Å². The Morgan fingerprint density at radius 1 is 0.844 bits per heavy atom. The molecule has 2 unspecified atom stereocenters. The molecule has 9 nitrogen and oxygen atoms in total. The number of carbonyl (C=O) groups excluding carboxylic acids is 4. The van der Waals surface area contributed by atoms with Crippen molar-refractivity contribution in [1.29, 1.82) is 0 Å². The lowest BCUT2D eigenvalue weighted by atomic mass is 10.0. The molecule has 2 aliphatic heterocycles. The average Bonchev–Trinajstić information content (AvgIpc) is 3.60. The van der Waals surface area contributed by atoms with Gasteiger partial charge in [0, 0.05) is 4.90 Å². The Morgan fingerprint density at radius 2 is 1.40 bits per heavy atom. The second-order valence-corrected chi connectivity index (χ2v) is 11.9. The summed E-state index contributed by atoms with van der Waals surface area (Å²) in [5.74, 6) is -2.78. The summed E-state index contributed by atoms with van der Waals surface area (Å²) in [5.41, 5.74) is -0.128. The molecule has 4 aromatic rings. The summed E-state index contributed by atoms with van der Waals surface area (Å²) in [6.45, 7) is -0.254. The minimum absolute atomic E-state index is 0.0507. The molecule has 3 atom stereocenters. The Kier molecular flexibility index (Phi) is 8.95. The molecule has 1 N–H and O–H groups in total. The van der Waals surface area contributed by atoms with E-state index >= 15 is 0 Å². The zero-order valence-electron chi connectivity index (χ0n) is 24.1. The van der Waals surface area contributed by atoms with Gasteiger partial charge in [0.15, 0.2) is 6.10 Å². The van der Waals surface area contributed by atoms with E-state index in [9.17, 15) is 19.2 Å². The highest BCUT2D eigenvalue weighted by Crippen LogP contribution is 2.45. The molecule has 0 spiro atoms. The number of thioether (sulfide) groups is 1. The quantitative estimate of drug-likeness (QED) is 0.255. The number of esters is 2. The molecular weight excluding hydrogens is 592 g/mol. The number of hydrogen-bond acceptors (Lipinski definition) is 8. The lowest BCUT2D eigenvalue weighted by Crippen LogP contribution is -2.62. The fourth-order valence-electron chi connectivity index (χ4n) is 5.37. The van der Waals surface area contributed by atoms with Gasteiger partial charge in [-0.3, -0.25) is 19.2 Å². The lowest BCUT2D eigenvalue weighted by molar-refractivity contribution is -0.259. The molecular formula is C35H30N2O7S. The van der Waals surface area contributed by atoms with E-state index in [0.29, 0.717) is 11.1 Å². The summed E-state index contributed by atoms with van der Waals surface area (Å²) in [5, 5.41) is 2.57. The van der Waals surface area contributed by atoms with Crippen molar-refractivity contribution in [3.05, 3.63) is 138 Å². The van der Waals surface area contributed by atoms with Crippen LogP contribution in [0.15, 0.2) is 126 Å². The fourth-order valence-corrected chi connectivity index (χ4v) is 6.64. The molecule has 0 aliphatic carbocycles. The maximum absolute atomic E-state index is 14.5. The van der Waals surface area contributed by atoms with Crippen molar-refractivity contribution < 1.29 is 33.5 Å². The Labute approximate surface area is 264 Å². The molecule has 4 aromatic carbocycles. The van der Waals surface area contributed by atoms with Gasteiger partial charge in [0.25, 0.3) is 5.91 Å². The molecule has 2 amide bonds. The first kappa shape index (κ1) is 30.1. The number of hydroxylamine groups is 2. The molecule has 0 aromatic heterocycles. The number of ether oxygens (including phenoxy) is 2. The molecule has 6 rings (SSSR count). The first-order chi connectivity index (χ1) is 21.9. The third kappa shape index (κ3) is 6.47. The Balaban J connectivity index is 1.33. The molecule has 45 heavy (non-hydrogen) atoms. The number of amides is 2. The SMILES string of the molecule is O=C(Cc1ccccc1)N[C@H]1CON(C2(C(=O)OC(c3ccccc3)c3ccccc3)OC(=O)CC2Sc2ccccc2)C1=O. The minimum atomic E-state index is -2.27. The number of nitrogens with one attached hydrogen (secondary N) is 1. The van der Waals surface area contributed by atoms with Crippen molar-refractivity contribution in [1.82, 2.24) is 10.4 Å². The van der Waals surface area contributed by atoms with E-state index in [1.807, 2.05) is 121 Å². The Morgan fingerprint density at radius 3 is 2.00 bits per heavy atom. The molecule has 0 bridgehead atoms. The summed E-state index contributed by atoms with van der Waals surface area (Å²) >= 11 is 1.21. The zero-order valence-corrected chi connectivity index (χ0v) is 24.9. The predicted octanol–water partition coefficient (Wildman–Crippen LogP) is 4.62. The van der Waals surface area contributed by atoms with Crippen molar-refractivity contribution in [2.45, 2.75) is 40.9 Å². The lowest BCUT2D eigenvalue weighted by Gasteiger charge is -2.37. The van der Waals surface area contributed by atoms with Crippen LogP contribution >= 0.6 is 11.8 Å². The van der Waals surface area contributed by atoms with Gasteiger partial charge in [-0.1, -0.05) is 109 Å². The van der Waals surface area contributed by atoms with Crippen LogP contribution < -0.4 is 5.32 Å². The van der Waals surface area contributed by atoms with Gasteiger partial charge in [-0.2, -0.15) is 5.06 Å². The van der Waals surface area contributed by atoms with Crippen molar-refractivity contribution >= 4 is 35.5 Å². The molecule has 2 fully saturated rings. The standard InChI is InChI=1S/C35H30N2O7S/c38-30(21-24-13-5-1-6-14-24)36-28-23-42-37(33(28)40)35(29(22-31(39)44-35)45-27-19-11-4-12-20-27)34(41)43-32(25-15-7-2-8-16-25)26-17-9-3-10-18-26/h1-20,28-29,32H,21-23H2,(H,36,38)/t28-,29?,35?/m0/s1. The van der Waals surface area contributed by atoms with Gasteiger partial charge in [-0.15, -0.1) is 11.8 Å². The maximum Gasteiger partial charge on any atom is 0.377 e. The normalized spacial score (nSPS) is 21.0. The first-order valence-electron chi connectivity index (χ1n) is 14.5. The summed E-state index contributed by atoms with van der Waals surface area (Å²) in [4.78, 5) is 60.8. The molecule has 2 aliphatic rings. The summed E-state index contributed by atoms with van der Waals surface area (Å²) in [6, 6.07) is 35.5. The van der Waals surface area contributed by atoms with Crippen LogP contribution in [0, 0.1) is 0 Å². The van der Waals surface area contributed by atoms with Gasteiger partial charge in [0.2, 0.25) is 5.91 Å². The number of benzene rings is 4. The van der Waals surface area contributed by atoms with E-state index in [0.717, 1.165) is 15.5 Å². The molecule has 0 radical (unpaired) electrons. The summed E-state index contributed by atoms with van der Waals surface area (Å²) in [6.07, 6.45) is -1.01. The smallest absolute Gasteiger partial charge is 0.377 e. The van der Waals surface area contributed by atoms with Crippen LogP contribution in [0.3, 0.4) is 0 Å². The number of carbonyl (C=O) groups is 4. The number of nitrogens with zero attached hydrogens (tertiary/aromatic N) is 1. The van der Waals surface area contributed by atoms with Crippen LogP contribution in [0.2, 0.25) is 0 Å². The van der Waals surface area contributed by atoms with Gasteiger partial charge >= 0.3 is 17.7 Å². The minimum Gasteiger partial charge on any atom is -0.448 e. The van der Waals surface area contributed by atoms with Crippen LogP contribution in [-0.4, -0.2) is 52.4 Å². The highest BCUT2D eigenvalue weighted by molar-refractivity contribution is 8.00. The molecule has 10 heteroatoms. The van der Waals surface area contributed by atoms with Crippen LogP contribution in [-0.2, 0) is 39.9 Å². The van der Waals surface area contributed by atoms with Crippen LogP contribution in [0.25, 0.3) is 0 Å². The van der Waals surface area contributed by atoms with E-state index in [4.69, 9.17) is 14.3 Å². The monoisotopic (exact) mass is 622 g/mol. The average molecular weight is 623 g/mol. The van der Waals surface area contributed by atoms with Crippen LogP contribution in [0.5, 0.6) is 0 Å². The summed E-state index contributed by atoms with van der Waals surface area (Å²) in [7, 11) is 0. The second-order valence-electron chi connectivity index (χ2n) is 10.6. The number of hydrogen-bond donors (Lipinski definition) is 1. The van der Waals surface area contributed by atoms with Gasteiger partial charge < -0.3 is 14.8 Å². The van der Waals surface area contributed by atoms with E-state index in [1.54, 1.807) is 0 Å². The third-order valence-corrected chi connectivity index (χ3v) is 8.83. The van der Waals surface area contributed by atoms with Gasteiger partial charge in [0.1, 0.15) is 12.6 Å². The third-order valence-electron chi connectivity index (χ3n) is 7.51. The molecule has 228 valence electrons. The highest BCUT2D eigenvalue weighted by atomic mass is 32.2. The van der Waals surface area contributed by atoms with Crippen LogP contribution in [0.4, 0.5) is 0 Å². The maximum atomic E-state index is 14.5. The fraction of sp³-hybridized carbons (Fsp3) is 0.200. The topological polar surface area (TPSA) is 111 Å². The number of cyclic esters (lactones) is 1. The molecule has 2 heterocycles. The highest BCUT2D eigenvalue weighted by Gasteiger charge is 2.66. The van der Waals surface area contributed by atoms with Crippen molar-refractivity contribution in [3.63, 3.8) is 0 Å². The van der Waals surface area contributed by atoms with Gasteiger partial charge in [0.05, 0.1) is 18.1 Å². The zero-order chi connectivity index (χ0) is 31.2. The van der Waals surface area contributed by atoms with E-state index in [2.05, 4.69) is 5.32 Å². The van der Waals surface area contributed by atoms with Gasteiger partial charge in [-0.05, 0) is 28.8 Å². The molecule has 0 saturated carbocycles. The van der Waals surface area contributed by atoms with E-state index in [-0.39, 0.29) is 19.4 Å². The summed E-state index contributed by atoms with van der Waals surface area (Å²) < 4.78 is 12.0. The van der Waals surface area contributed by atoms with E-state index < -0.39 is 46.9 Å². The Hall–Kier alpha value is -4.93. The largest absolute Gasteiger partial charge is 0.448 e. The Bertz CT molecular complexity index is 1620. The second kappa shape index (κ2) is 13.4. The predicted molar refractivity (Wildman–Crippen MR) is 165 cm³/mol. The van der Waals surface area contributed by atoms with Crippen molar-refractivity contribution in [3.8, 4) is 0 Å². The van der Waals surface area contributed by atoms with Crippen molar-refractivity contribution in [2.24, 2.45) is 0 Å². The van der Waals surface area contributed by atoms with Crippen molar-refractivity contribution in [2.75, 3.05) is 6.61 Å². The first-order valence-corrected chi connectivity index (χ1v) is 15.4. The number of rotatable bonds is 10. The molecule has 2 saturated heterocycles.